The predicted molar refractivity (Wildman–Crippen MR) is 80.4 cm³/mol. The zero-order valence-electron chi connectivity index (χ0n) is 12.9. The highest BCUT2D eigenvalue weighted by Gasteiger charge is 2.07. The molecule has 0 bridgehead atoms. The van der Waals surface area contributed by atoms with Gasteiger partial charge < -0.3 is 5.32 Å². The van der Waals surface area contributed by atoms with E-state index in [2.05, 4.69) is 60.2 Å². The van der Waals surface area contributed by atoms with Gasteiger partial charge in [-0.2, -0.15) is 10.2 Å². The van der Waals surface area contributed by atoms with Gasteiger partial charge in [-0.25, -0.2) is 0 Å². The molecule has 2 rings (SSSR count). The molecule has 2 aromatic rings. The highest BCUT2D eigenvalue weighted by atomic mass is 15.3. The average molecular weight is 275 g/mol. The molecule has 5 nitrogen and oxygen atoms in total. The molecule has 0 radical (unpaired) electrons. The number of nitrogens with one attached hydrogen (secondary N) is 1. The van der Waals surface area contributed by atoms with Gasteiger partial charge in [-0.05, 0) is 33.3 Å². The number of aromatic nitrogens is 4. The van der Waals surface area contributed by atoms with Gasteiger partial charge in [-0.15, -0.1) is 0 Å². The van der Waals surface area contributed by atoms with Gasteiger partial charge in [-0.1, -0.05) is 6.92 Å². The van der Waals surface area contributed by atoms with Crippen molar-refractivity contribution in [3.8, 4) is 0 Å². The summed E-state index contributed by atoms with van der Waals surface area (Å²) in [6.07, 6.45) is 5.11. The molecule has 0 unspecified atom stereocenters. The molecule has 0 aromatic carbocycles. The smallest absolute Gasteiger partial charge is 0.0638 e. The Bertz CT molecular complexity index is 538. The topological polar surface area (TPSA) is 47.7 Å². The Kier molecular flexibility index (Phi) is 4.95. The molecule has 0 aliphatic heterocycles. The number of nitrogens with zero attached hydrogens (tertiary/aromatic N) is 4. The van der Waals surface area contributed by atoms with Crippen LogP contribution in [0.5, 0.6) is 0 Å². The van der Waals surface area contributed by atoms with Crippen LogP contribution in [0.25, 0.3) is 0 Å². The average Bonchev–Trinajstić information content (AvgIpc) is 2.98. The fourth-order valence-corrected chi connectivity index (χ4v) is 2.21. The van der Waals surface area contributed by atoms with Crippen LogP contribution in [0, 0.1) is 6.92 Å². The molecule has 0 aliphatic carbocycles. The van der Waals surface area contributed by atoms with Crippen LogP contribution in [-0.4, -0.2) is 19.6 Å². The van der Waals surface area contributed by atoms with Gasteiger partial charge in [0.2, 0.25) is 0 Å². The third-order valence-electron chi connectivity index (χ3n) is 3.41. The lowest BCUT2D eigenvalue weighted by Gasteiger charge is -2.07. The minimum Gasteiger partial charge on any atom is -0.307 e. The summed E-state index contributed by atoms with van der Waals surface area (Å²) >= 11 is 0. The minimum absolute atomic E-state index is 0.411. The fraction of sp³-hybridized carbons (Fsp3) is 0.600. The molecular weight excluding hydrogens is 250 g/mol. The third kappa shape index (κ3) is 3.48. The van der Waals surface area contributed by atoms with Crippen molar-refractivity contribution < 1.29 is 0 Å². The van der Waals surface area contributed by atoms with E-state index in [-0.39, 0.29) is 0 Å². The lowest BCUT2D eigenvalue weighted by Crippen LogP contribution is -2.16. The van der Waals surface area contributed by atoms with Crippen molar-refractivity contribution >= 4 is 0 Å². The van der Waals surface area contributed by atoms with Gasteiger partial charge in [0.15, 0.2) is 0 Å². The maximum atomic E-state index is 4.53. The van der Waals surface area contributed by atoms with Crippen LogP contribution in [0.3, 0.4) is 0 Å². The Morgan fingerprint density at radius 2 is 2.10 bits per heavy atom. The second-order valence-electron chi connectivity index (χ2n) is 5.46. The first-order chi connectivity index (χ1) is 9.61. The Morgan fingerprint density at radius 3 is 2.75 bits per heavy atom. The van der Waals surface area contributed by atoms with Crippen LogP contribution in [0.2, 0.25) is 0 Å². The summed E-state index contributed by atoms with van der Waals surface area (Å²) in [7, 11) is 0. The highest BCUT2D eigenvalue weighted by molar-refractivity contribution is 5.15. The van der Waals surface area contributed by atoms with Crippen molar-refractivity contribution in [3.05, 3.63) is 35.4 Å². The summed E-state index contributed by atoms with van der Waals surface area (Å²) in [6, 6.07) is 2.49. The van der Waals surface area contributed by atoms with Gasteiger partial charge in [0.05, 0.1) is 11.4 Å². The summed E-state index contributed by atoms with van der Waals surface area (Å²) < 4.78 is 4.09. The number of rotatable bonds is 7. The molecule has 1 N–H and O–H groups in total. The summed E-state index contributed by atoms with van der Waals surface area (Å²) in [5.41, 5.74) is 3.61. The van der Waals surface area contributed by atoms with Crippen molar-refractivity contribution in [2.75, 3.05) is 0 Å². The van der Waals surface area contributed by atoms with Gasteiger partial charge in [0, 0.05) is 43.6 Å². The Morgan fingerprint density at radius 1 is 1.30 bits per heavy atom. The van der Waals surface area contributed by atoms with Crippen molar-refractivity contribution in [1.29, 1.82) is 0 Å². The van der Waals surface area contributed by atoms with Gasteiger partial charge in [0.1, 0.15) is 0 Å². The molecule has 0 fully saturated rings. The molecule has 5 heteroatoms. The summed E-state index contributed by atoms with van der Waals surface area (Å²) in [4.78, 5) is 0. The van der Waals surface area contributed by atoms with E-state index in [9.17, 15) is 0 Å². The minimum atomic E-state index is 0.411. The third-order valence-corrected chi connectivity index (χ3v) is 3.41. The van der Waals surface area contributed by atoms with Gasteiger partial charge in [-0.3, -0.25) is 9.36 Å². The summed E-state index contributed by atoms with van der Waals surface area (Å²) in [5, 5.41) is 12.4. The summed E-state index contributed by atoms with van der Waals surface area (Å²) in [6.45, 7) is 11.2. The van der Waals surface area contributed by atoms with Gasteiger partial charge >= 0.3 is 0 Å². The number of hydrogen-bond donors (Lipinski definition) is 1. The van der Waals surface area contributed by atoms with E-state index in [1.807, 2.05) is 10.9 Å². The predicted octanol–water partition coefficient (Wildman–Crippen LogP) is 2.67. The van der Waals surface area contributed by atoms with E-state index < -0.39 is 0 Å². The first-order valence-electron chi connectivity index (χ1n) is 7.37. The Labute approximate surface area is 121 Å². The highest BCUT2D eigenvalue weighted by Crippen LogP contribution is 2.10. The standard InChI is InChI=1S/C15H25N5/c1-5-8-19-15(6-7-17-19)10-16-9-14-11-20(12(2)3)18-13(14)4/h6-7,11-12,16H,5,8-10H2,1-4H3. The lowest BCUT2D eigenvalue weighted by molar-refractivity contribution is 0.528. The van der Waals surface area contributed by atoms with Crippen LogP contribution in [0.4, 0.5) is 0 Å². The molecule has 110 valence electrons. The molecule has 0 spiro atoms. The van der Waals surface area contributed by atoms with E-state index in [1.54, 1.807) is 0 Å². The SMILES string of the molecule is CCCn1nccc1CNCc1cn(C(C)C)nc1C. The zero-order chi connectivity index (χ0) is 14.5. The maximum absolute atomic E-state index is 4.53. The second-order valence-corrected chi connectivity index (χ2v) is 5.46. The zero-order valence-corrected chi connectivity index (χ0v) is 12.9. The fourth-order valence-electron chi connectivity index (χ4n) is 2.21. The Balaban J connectivity index is 1.91. The number of aryl methyl sites for hydroxylation is 2. The van der Waals surface area contributed by atoms with Crippen molar-refractivity contribution in [2.45, 2.75) is 59.8 Å². The van der Waals surface area contributed by atoms with Crippen LogP contribution in [-0.2, 0) is 19.6 Å². The van der Waals surface area contributed by atoms with Crippen LogP contribution in [0.1, 0.15) is 50.2 Å². The van der Waals surface area contributed by atoms with E-state index in [0.29, 0.717) is 6.04 Å². The lowest BCUT2D eigenvalue weighted by atomic mass is 10.2. The molecule has 2 heterocycles. The Hall–Kier alpha value is -1.62. The number of hydrogen-bond acceptors (Lipinski definition) is 3. The second kappa shape index (κ2) is 6.70. The molecule has 0 atom stereocenters. The molecule has 2 aromatic heterocycles. The largest absolute Gasteiger partial charge is 0.307 e. The van der Waals surface area contributed by atoms with Crippen LogP contribution < -0.4 is 5.32 Å². The van der Waals surface area contributed by atoms with Crippen LogP contribution in [0.15, 0.2) is 18.5 Å². The van der Waals surface area contributed by atoms with E-state index in [4.69, 9.17) is 0 Å². The first-order valence-corrected chi connectivity index (χ1v) is 7.37. The maximum Gasteiger partial charge on any atom is 0.0638 e. The molecule has 20 heavy (non-hydrogen) atoms. The summed E-state index contributed by atoms with van der Waals surface area (Å²) in [5.74, 6) is 0. The van der Waals surface area contributed by atoms with Crippen LogP contribution >= 0.6 is 0 Å². The first kappa shape index (κ1) is 14.8. The van der Waals surface area contributed by atoms with Crippen molar-refractivity contribution in [2.24, 2.45) is 0 Å². The van der Waals surface area contributed by atoms with E-state index >= 15 is 0 Å². The van der Waals surface area contributed by atoms with E-state index in [1.165, 1.54) is 11.3 Å². The normalized spacial score (nSPS) is 11.4. The molecule has 0 saturated carbocycles. The molecule has 0 amide bonds. The molecular formula is C15H25N5. The monoisotopic (exact) mass is 275 g/mol. The molecule has 0 saturated heterocycles. The van der Waals surface area contributed by atoms with E-state index in [0.717, 1.165) is 31.7 Å². The quantitative estimate of drug-likeness (QED) is 0.845. The van der Waals surface area contributed by atoms with Gasteiger partial charge in [0.25, 0.3) is 0 Å². The molecule has 0 aliphatic rings. The van der Waals surface area contributed by atoms with Crippen molar-refractivity contribution in [1.82, 2.24) is 24.9 Å². The van der Waals surface area contributed by atoms with Crippen molar-refractivity contribution in [3.63, 3.8) is 0 Å².